The topological polar surface area (TPSA) is 122 Å². The van der Waals surface area contributed by atoms with E-state index in [0.717, 1.165) is 0 Å². The van der Waals surface area contributed by atoms with Crippen LogP contribution >= 0.6 is 11.6 Å². The van der Waals surface area contributed by atoms with E-state index in [1.165, 1.54) is 12.1 Å². The number of hydrogen-bond donors (Lipinski definition) is 4. The van der Waals surface area contributed by atoms with E-state index in [1.54, 1.807) is 38.5 Å². The summed E-state index contributed by atoms with van der Waals surface area (Å²) in [7, 11) is 1.63. The van der Waals surface area contributed by atoms with Gasteiger partial charge in [0, 0.05) is 66.1 Å². The summed E-state index contributed by atoms with van der Waals surface area (Å²) in [6.07, 6.45) is 2.86. The van der Waals surface area contributed by atoms with Crippen molar-refractivity contribution in [3.63, 3.8) is 0 Å². The van der Waals surface area contributed by atoms with Crippen LogP contribution in [0.25, 0.3) is 11.4 Å². The number of benzene rings is 1. The highest BCUT2D eigenvalue weighted by atomic mass is 35.5. The van der Waals surface area contributed by atoms with Crippen LogP contribution in [0.3, 0.4) is 0 Å². The molecule has 168 valence electrons. The van der Waals surface area contributed by atoms with Crippen LogP contribution < -0.4 is 21.5 Å². The van der Waals surface area contributed by atoms with Gasteiger partial charge in [0.25, 0.3) is 0 Å². The first-order valence-electron chi connectivity index (χ1n) is 10.1. The number of nitrogens with zero attached hydrogens (tertiary/aromatic N) is 2. The Morgan fingerprint density at radius 1 is 1.41 bits per heavy atom. The third-order valence-corrected chi connectivity index (χ3v) is 5.36. The van der Waals surface area contributed by atoms with Gasteiger partial charge in [-0.05, 0) is 43.7 Å². The molecule has 7 nitrogen and oxygen atoms in total. The van der Waals surface area contributed by atoms with E-state index in [9.17, 15) is 4.39 Å². The van der Waals surface area contributed by atoms with Crippen LogP contribution in [-0.4, -0.2) is 30.0 Å². The van der Waals surface area contributed by atoms with Crippen LogP contribution in [0.2, 0.25) is 0 Å². The minimum absolute atomic E-state index is 0.153. The molecule has 0 unspecified atom stereocenters. The molecule has 0 saturated carbocycles. The van der Waals surface area contributed by atoms with Gasteiger partial charge < -0.3 is 21.5 Å². The molecule has 1 aliphatic rings. The number of nitrogens with two attached hydrogens (primary N) is 2. The number of hydrogen-bond acceptors (Lipinski definition) is 7. The predicted octanol–water partition coefficient (Wildman–Crippen LogP) is 4.25. The van der Waals surface area contributed by atoms with E-state index in [0.29, 0.717) is 51.5 Å². The molecule has 1 aromatic carbocycles. The number of aliphatic imine (C=N–C) groups is 1. The first-order valence-corrected chi connectivity index (χ1v) is 10.5. The Labute approximate surface area is 191 Å². The molecule has 0 saturated heterocycles. The monoisotopic (exact) mass is 456 g/mol. The average molecular weight is 457 g/mol. The van der Waals surface area contributed by atoms with Gasteiger partial charge in [-0.25, -0.2) is 9.37 Å². The van der Waals surface area contributed by atoms with E-state index >= 15 is 0 Å². The lowest BCUT2D eigenvalue weighted by Gasteiger charge is -2.23. The normalized spacial score (nSPS) is 19.1. The second kappa shape index (κ2) is 9.82. The van der Waals surface area contributed by atoms with Crippen molar-refractivity contribution in [3.8, 4) is 5.75 Å². The van der Waals surface area contributed by atoms with E-state index in [4.69, 9.17) is 33.2 Å². The largest absolute Gasteiger partial charge is 0.482 e. The molecule has 3 rings (SSSR count). The first-order chi connectivity index (χ1) is 15.3. The first kappa shape index (κ1) is 23.3. The second-order valence-corrected chi connectivity index (χ2v) is 7.68. The lowest BCUT2D eigenvalue weighted by molar-refractivity contribution is 0.226. The number of nitrogens with one attached hydrogen (secondary N) is 2. The number of aromatic nitrogens is 1. The fourth-order valence-corrected chi connectivity index (χ4v) is 3.78. The summed E-state index contributed by atoms with van der Waals surface area (Å²) in [5.41, 5.74) is 16.6. The molecule has 2 bridgehead atoms. The Hall–Kier alpha value is -3.39. The second-order valence-electron chi connectivity index (χ2n) is 7.30. The van der Waals surface area contributed by atoms with Crippen molar-refractivity contribution < 1.29 is 9.13 Å². The molecule has 9 heteroatoms. The Morgan fingerprint density at radius 2 is 2.16 bits per heavy atom. The Balaban J connectivity index is 2.40. The zero-order chi connectivity index (χ0) is 23.4. The number of pyridine rings is 1. The van der Waals surface area contributed by atoms with Gasteiger partial charge in [-0.15, -0.1) is 0 Å². The standard InChI is InChI=1S/C23H26ClFN6O/c1-4-30-21-14-8-19(23(28)31-11-14)32-12(2)17-9-15(25)5-6-16(17)20(26)13(10-29-3)7-18(21)22(24)27/h5-6,8-12,27,30H,4,7,26H2,1-3H3,(H2,28,31)/b20-13?,21-18-,27-22?,29-10?/t12-/m1/s1. The summed E-state index contributed by atoms with van der Waals surface area (Å²) >= 11 is 6.23. The highest BCUT2D eigenvalue weighted by molar-refractivity contribution is 6.69. The molecule has 0 amide bonds. The zero-order valence-electron chi connectivity index (χ0n) is 18.2. The number of rotatable bonds is 4. The van der Waals surface area contributed by atoms with Gasteiger partial charge in [0.05, 0.1) is 0 Å². The molecule has 1 aliphatic heterocycles. The van der Waals surface area contributed by atoms with Gasteiger partial charge in [0.2, 0.25) is 0 Å². The van der Waals surface area contributed by atoms with E-state index < -0.39 is 11.9 Å². The molecular formula is C23H26ClFN6O. The third-order valence-electron chi connectivity index (χ3n) is 5.13. The molecule has 1 atom stereocenters. The molecule has 0 radical (unpaired) electrons. The van der Waals surface area contributed by atoms with Gasteiger partial charge in [0.15, 0.2) is 11.6 Å². The number of allylic oxidation sites excluding steroid dienone is 2. The quantitative estimate of drug-likeness (QED) is 0.512. The fraction of sp³-hybridized carbons (Fsp3) is 0.261. The minimum Gasteiger partial charge on any atom is -0.482 e. The number of ether oxygens (including phenoxy) is 1. The summed E-state index contributed by atoms with van der Waals surface area (Å²) < 4.78 is 20.3. The summed E-state index contributed by atoms with van der Waals surface area (Å²) in [6.45, 7) is 4.31. The fourth-order valence-electron chi connectivity index (χ4n) is 3.62. The number of halogens is 2. The Kier molecular flexibility index (Phi) is 7.15. The van der Waals surface area contributed by atoms with Crippen molar-refractivity contribution in [2.45, 2.75) is 26.4 Å². The average Bonchev–Trinajstić information content (AvgIpc) is 2.75. The van der Waals surface area contributed by atoms with Crippen LogP contribution in [0, 0.1) is 11.2 Å². The van der Waals surface area contributed by atoms with Crippen LogP contribution in [0.15, 0.2) is 46.6 Å². The number of fused-ring (bicyclic) bond motifs is 3. The van der Waals surface area contributed by atoms with Crippen molar-refractivity contribution in [1.82, 2.24) is 10.3 Å². The van der Waals surface area contributed by atoms with Crippen molar-refractivity contribution in [1.29, 1.82) is 5.41 Å². The molecule has 0 aliphatic carbocycles. The highest BCUT2D eigenvalue weighted by Crippen LogP contribution is 2.35. The minimum atomic E-state index is -0.574. The van der Waals surface area contributed by atoms with Crippen molar-refractivity contribution >= 4 is 40.2 Å². The summed E-state index contributed by atoms with van der Waals surface area (Å²) in [6, 6.07) is 6.06. The molecule has 1 aromatic heterocycles. The highest BCUT2D eigenvalue weighted by Gasteiger charge is 2.23. The predicted molar refractivity (Wildman–Crippen MR) is 128 cm³/mol. The van der Waals surface area contributed by atoms with Gasteiger partial charge in [-0.1, -0.05) is 11.6 Å². The lowest BCUT2D eigenvalue weighted by Crippen LogP contribution is -2.19. The maximum atomic E-state index is 14.2. The van der Waals surface area contributed by atoms with E-state index in [1.807, 2.05) is 6.92 Å². The van der Waals surface area contributed by atoms with Gasteiger partial charge in [-0.2, -0.15) is 0 Å². The summed E-state index contributed by atoms with van der Waals surface area (Å²) in [4.78, 5) is 8.40. The Morgan fingerprint density at radius 3 is 2.81 bits per heavy atom. The summed E-state index contributed by atoms with van der Waals surface area (Å²) in [5.74, 6) is 0.109. The smallest absolute Gasteiger partial charge is 0.166 e. The maximum absolute atomic E-state index is 14.2. The molecule has 32 heavy (non-hydrogen) atoms. The lowest BCUT2D eigenvalue weighted by atomic mass is 9.93. The number of anilines is 1. The van der Waals surface area contributed by atoms with Gasteiger partial charge >= 0.3 is 0 Å². The van der Waals surface area contributed by atoms with Crippen LogP contribution in [-0.2, 0) is 0 Å². The molecular weight excluding hydrogens is 431 g/mol. The van der Waals surface area contributed by atoms with Gasteiger partial charge in [0.1, 0.15) is 17.1 Å². The van der Waals surface area contributed by atoms with Crippen molar-refractivity contribution in [3.05, 3.63) is 64.1 Å². The molecule has 6 N–H and O–H groups in total. The third kappa shape index (κ3) is 4.75. The summed E-state index contributed by atoms with van der Waals surface area (Å²) in [5, 5.41) is 11.3. The van der Waals surface area contributed by atoms with Crippen LogP contribution in [0.4, 0.5) is 10.2 Å². The molecule has 0 spiro atoms. The number of nitrogen functional groups attached to an aromatic ring is 1. The van der Waals surface area contributed by atoms with E-state index in [-0.39, 0.29) is 17.4 Å². The van der Waals surface area contributed by atoms with Crippen LogP contribution in [0.1, 0.15) is 43.1 Å². The molecule has 0 fully saturated rings. The van der Waals surface area contributed by atoms with Gasteiger partial charge in [-0.3, -0.25) is 10.4 Å². The van der Waals surface area contributed by atoms with Crippen LogP contribution in [0.5, 0.6) is 5.75 Å². The maximum Gasteiger partial charge on any atom is 0.166 e. The zero-order valence-corrected chi connectivity index (χ0v) is 18.9. The van der Waals surface area contributed by atoms with E-state index in [2.05, 4.69) is 15.3 Å². The SMILES string of the molecule is CCN/C1=C(\C(=N)Cl)CC(C=NC)=C(N)c2ccc(F)cc2[C@@H](C)Oc2cc1cnc2N. The molecule has 2 heterocycles. The van der Waals surface area contributed by atoms with Crippen molar-refractivity contribution in [2.75, 3.05) is 19.3 Å². The van der Waals surface area contributed by atoms with Crippen molar-refractivity contribution in [2.24, 2.45) is 10.7 Å². The molecule has 2 aromatic rings. The Bertz CT molecular complexity index is 1140.